The molecular formula is C18H17ClO6S. The summed E-state index contributed by atoms with van der Waals surface area (Å²) in [5, 5.41) is 0.254. The van der Waals surface area contributed by atoms with Crippen LogP contribution in [-0.4, -0.2) is 39.6 Å². The molecule has 0 aliphatic rings. The van der Waals surface area contributed by atoms with Crippen LogP contribution in [0.3, 0.4) is 0 Å². The number of hydrogen-bond acceptors (Lipinski definition) is 6. The molecule has 0 spiro atoms. The lowest BCUT2D eigenvalue weighted by molar-refractivity contribution is 0.0471. The van der Waals surface area contributed by atoms with Crippen molar-refractivity contribution < 1.29 is 27.5 Å². The van der Waals surface area contributed by atoms with E-state index in [0.717, 1.165) is 0 Å². The largest absolute Gasteiger partial charge is 0.495 e. The lowest BCUT2D eigenvalue weighted by Gasteiger charge is -2.09. The third kappa shape index (κ3) is 4.42. The second-order valence-corrected chi connectivity index (χ2v) is 7.90. The highest BCUT2D eigenvalue weighted by Gasteiger charge is 2.22. The Morgan fingerprint density at radius 3 is 2.42 bits per heavy atom. The van der Waals surface area contributed by atoms with Crippen molar-refractivity contribution in [1.82, 2.24) is 0 Å². The summed E-state index contributed by atoms with van der Waals surface area (Å²) >= 11 is 5.97. The standard InChI is InChI=1S/C18H17ClO6S/c1-3-26(22,23)17-7-5-4-6-13(17)18(21)25-11-15(20)12-8-9-16(24-2)14(19)10-12/h4-10H,3,11H2,1-2H3. The van der Waals surface area contributed by atoms with Crippen LogP contribution in [0.4, 0.5) is 0 Å². The molecule has 0 saturated heterocycles. The SMILES string of the molecule is CCS(=O)(=O)c1ccccc1C(=O)OCC(=O)c1ccc(OC)c(Cl)c1. The highest BCUT2D eigenvalue weighted by molar-refractivity contribution is 7.91. The summed E-state index contributed by atoms with van der Waals surface area (Å²) < 4.78 is 34.2. The van der Waals surface area contributed by atoms with Crippen LogP contribution < -0.4 is 4.74 Å². The summed E-state index contributed by atoms with van der Waals surface area (Å²) in [5.41, 5.74) is 0.146. The molecule has 0 N–H and O–H groups in total. The Balaban J connectivity index is 2.15. The van der Waals surface area contributed by atoms with Crippen LogP contribution in [0.15, 0.2) is 47.4 Å². The van der Waals surface area contributed by atoms with Gasteiger partial charge in [-0.25, -0.2) is 13.2 Å². The zero-order valence-electron chi connectivity index (χ0n) is 14.2. The number of ketones is 1. The minimum absolute atomic E-state index is 0.102. The Morgan fingerprint density at radius 2 is 1.81 bits per heavy atom. The Hall–Kier alpha value is -2.38. The highest BCUT2D eigenvalue weighted by atomic mass is 35.5. The summed E-state index contributed by atoms with van der Waals surface area (Å²) in [4.78, 5) is 24.3. The first-order valence-corrected chi connectivity index (χ1v) is 9.68. The van der Waals surface area contributed by atoms with Gasteiger partial charge >= 0.3 is 5.97 Å². The van der Waals surface area contributed by atoms with Crippen molar-refractivity contribution in [2.75, 3.05) is 19.5 Å². The molecule has 0 saturated carbocycles. The van der Waals surface area contributed by atoms with Gasteiger partial charge in [0, 0.05) is 5.56 Å². The Morgan fingerprint density at radius 1 is 1.12 bits per heavy atom. The number of Topliss-reactive ketones (excluding diaryl/α,β-unsaturated/α-hetero) is 1. The maximum absolute atomic E-state index is 12.2. The fourth-order valence-corrected chi connectivity index (χ4v) is 3.54. The van der Waals surface area contributed by atoms with Crippen molar-refractivity contribution in [3.63, 3.8) is 0 Å². The molecule has 0 aliphatic heterocycles. The zero-order chi connectivity index (χ0) is 19.3. The smallest absolute Gasteiger partial charge is 0.339 e. The summed E-state index contributed by atoms with van der Waals surface area (Å²) in [6, 6.07) is 10.2. The van der Waals surface area contributed by atoms with E-state index in [1.807, 2.05) is 0 Å². The van der Waals surface area contributed by atoms with E-state index in [-0.39, 0.29) is 26.8 Å². The van der Waals surface area contributed by atoms with Gasteiger partial charge in [0.05, 0.1) is 28.3 Å². The first kappa shape index (κ1) is 19.9. The van der Waals surface area contributed by atoms with Crippen LogP contribution in [-0.2, 0) is 14.6 Å². The average Bonchev–Trinajstić information content (AvgIpc) is 2.65. The third-order valence-corrected chi connectivity index (χ3v) is 5.71. The Kier molecular flexibility index (Phi) is 6.39. The summed E-state index contributed by atoms with van der Waals surface area (Å²) in [7, 11) is -2.14. The van der Waals surface area contributed by atoms with E-state index in [4.69, 9.17) is 21.1 Å². The molecule has 0 atom stereocenters. The minimum atomic E-state index is -3.60. The molecule has 2 aromatic rings. The normalized spacial score (nSPS) is 11.0. The molecule has 0 radical (unpaired) electrons. The van der Waals surface area contributed by atoms with Crippen LogP contribution in [0.5, 0.6) is 5.75 Å². The topological polar surface area (TPSA) is 86.7 Å². The van der Waals surface area contributed by atoms with E-state index < -0.39 is 28.2 Å². The van der Waals surface area contributed by atoms with Crippen LogP contribution in [0.1, 0.15) is 27.6 Å². The number of carbonyl (C=O) groups is 2. The first-order valence-electron chi connectivity index (χ1n) is 7.65. The van der Waals surface area contributed by atoms with Gasteiger partial charge in [-0.1, -0.05) is 30.7 Å². The summed E-state index contributed by atoms with van der Waals surface area (Å²) in [6.07, 6.45) is 0. The molecule has 0 amide bonds. The van der Waals surface area contributed by atoms with Gasteiger partial charge in [-0.15, -0.1) is 0 Å². The van der Waals surface area contributed by atoms with Crippen molar-refractivity contribution in [3.8, 4) is 5.75 Å². The highest BCUT2D eigenvalue weighted by Crippen LogP contribution is 2.25. The van der Waals surface area contributed by atoms with Crippen molar-refractivity contribution in [2.24, 2.45) is 0 Å². The predicted octanol–water partition coefficient (Wildman–Crippen LogP) is 3.18. The van der Waals surface area contributed by atoms with Gasteiger partial charge in [0.15, 0.2) is 22.2 Å². The van der Waals surface area contributed by atoms with Crippen LogP contribution >= 0.6 is 11.6 Å². The van der Waals surface area contributed by atoms with Crippen molar-refractivity contribution >= 4 is 33.2 Å². The first-order chi connectivity index (χ1) is 12.3. The minimum Gasteiger partial charge on any atom is -0.495 e. The number of carbonyl (C=O) groups excluding carboxylic acids is 2. The second-order valence-electron chi connectivity index (χ2n) is 5.25. The van der Waals surface area contributed by atoms with Crippen LogP contribution in [0, 0.1) is 0 Å². The Labute approximate surface area is 156 Å². The van der Waals surface area contributed by atoms with Gasteiger partial charge in [-0.05, 0) is 30.3 Å². The molecule has 0 aliphatic carbocycles. The molecule has 0 bridgehead atoms. The number of methoxy groups -OCH3 is 1. The van der Waals surface area contributed by atoms with Gasteiger partial charge in [0.1, 0.15) is 5.75 Å². The lowest BCUT2D eigenvalue weighted by atomic mass is 10.1. The number of benzene rings is 2. The fraction of sp³-hybridized carbons (Fsp3) is 0.222. The third-order valence-electron chi connectivity index (χ3n) is 3.63. The van der Waals surface area contributed by atoms with Crippen molar-refractivity contribution in [3.05, 3.63) is 58.6 Å². The van der Waals surface area contributed by atoms with Gasteiger partial charge < -0.3 is 9.47 Å². The molecule has 2 rings (SSSR count). The molecule has 0 heterocycles. The van der Waals surface area contributed by atoms with E-state index in [1.54, 1.807) is 0 Å². The van der Waals surface area contributed by atoms with Crippen molar-refractivity contribution in [1.29, 1.82) is 0 Å². The lowest BCUT2D eigenvalue weighted by Crippen LogP contribution is -2.17. The van der Waals surface area contributed by atoms with Crippen LogP contribution in [0.2, 0.25) is 5.02 Å². The zero-order valence-corrected chi connectivity index (χ0v) is 15.8. The average molecular weight is 397 g/mol. The summed E-state index contributed by atoms with van der Waals surface area (Å²) in [6.45, 7) is 0.941. The molecule has 8 heteroatoms. The van der Waals surface area contributed by atoms with Gasteiger partial charge in [-0.2, -0.15) is 0 Å². The summed E-state index contributed by atoms with van der Waals surface area (Å²) in [5.74, 6) is -1.09. The fourth-order valence-electron chi connectivity index (χ4n) is 2.19. The molecule has 2 aromatic carbocycles. The molecule has 26 heavy (non-hydrogen) atoms. The Bertz CT molecular complexity index is 936. The second kappa shape index (κ2) is 8.33. The van der Waals surface area contributed by atoms with E-state index >= 15 is 0 Å². The van der Waals surface area contributed by atoms with Gasteiger partial charge in [-0.3, -0.25) is 4.79 Å². The molecule has 6 nitrogen and oxygen atoms in total. The quantitative estimate of drug-likeness (QED) is 0.527. The van der Waals surface area contributed by atoms with Gasteiger partial charge in [0.2, 0.25) is 0 Å². The van der Waals surface area contributed by atoms with E-state index in [1.165, 1.54) is 56.5 Å². The molecular weight excluding hydrogens is 380 g/mol. The van der Waals surface area contributed by atoms with E-state index in [0.29, 0.717) is 5.75 Å². The molecule has 0 unspecified atom stereocenters. The number of sulfone groups is 1. The van der Waals surface area contributed by atoms with Gasteiger partial charge in [0.25, 0.3) is 0 Å². The number of hydrogen-bond donors (Lipinski definition) is 0. The maximum atomic E-state index is 12.2. The molecule has 0 fully saturated rings. The molecule has 138 valence electrons. The number of rotatable bonds is 7. The molecule has 0 aromatic heterocycles. The van der Waals surface area contributed by atoms with Crippen molar-refractivity contribution in [2.45, 2.75) is 11.8 Å². The van der Waals surface area contributed by atoms with Crippen LogP contribution in [0.25, 0.3) is 0 Å². The van der Waals surface area contributed by atoms with E-state index in [9.17, 15) is 18.0 Å². The maximum Gasteiger partial charge on any atom is 0.339 e. The number of esters is 1. The predicted molar refractivity (Wildman–Crippen MR) is 96.8 cm³/mol. The monoisotopic (exact) mass is 396 g/mol. The number of ether oxygens (including phenoxy) is 2. The van der Waals surface area contributed by atoms with E-state index in [2.05, 4.69) is 0 Å². The number of halogens is 1.